The Morgan fingerprint density at radius 1 is 0.727 bits per heavy atom. The summed E-state index contributed by atoms with van der Waals surface area (Å²) < 4.78 is 0. The summed E-state index contributed by atoms with van der Waals surface area (Å²) in [6, 6.07) is 0. The molecular weight excluding hydrogens is 200 g/mol. The second-order valence-electron chi connectivity index (χ2n) is 4.88. The Morgan fingerprint density at radius 2 is 0.909 bits per heavy atom. The maximum atomic E-state index is 2.65. The molecule has 0 aliphatic carbocycles. The second kappa shape index (κ2) is 6.02. The van der Waals surface area contributed by atoms with Crippen molar-refractivity contribution < 1.29 is 12.4 Å². The maximum absolute atomic E-state index is 2.65. The van der Waals surface area contributed by atoms with E-state index in [1.807, 2.05) is 0 Å². The van der Waals surface area contributed by atoms with E-state index in [9.17, 15) is 0 Å². The van der Waals surface area contributed by atoms with Gasteiger partial charge >= 0.3 is 23.1 Å². The predicted molar refractivity (Wildman–Crippen MR) is 56.7 cm³/mol. The van der Waals surface area contributed by atoms with Gasteiger partial charge in [-0.2, -0.15) is 0 Å². The molecule has 0 fully saturated rings. The van der Waals surface area contributed by atoms with Gasteiger partial charge in [0.2, 0.25) is 0 Å². The smallest absolute Gasteiger partial charge is 1.00 e. The first-order valence-corrected chi connectivity index (χ1v) is 10.7. The van der Waals surface area contributed by atoms with Gasteiger partial charge in [-0.05, 0) is 0 Å². The van der Waals surface area contributed by atoms with Gasteiger partial charge in [-0.25, -0.2) is 0 Å². The van der Waals surface area contributed by atoms with Crippen LogP contribution in [0.4, 0.5) is 0 Å². The zero-order chi connectivity index (χ0) is 7.71. The van der Waals surface area contributed by atoms with E-state index in [0.717, 1.165) is 0 Å². The molecule has 4 heteroatoms. The predicted octanol–water partition coefficient (Wildman–Crippen LogP) is -0.431. The molecule has 0 atom stereocenters. The van der Waals surface area contributed by atoms with Crippen LogP contribution in [0.25, 0.3) is 0 Å². The van der Waals surface area contributed by atoms with Crippen LogP contribution in [0.1, 0.15) is 0 Å². The summed E-state index contributed by atoms with van der Waals surface area (Å²) in [5, 5.41) is 0. The summed E-state index contributed by atoms with van der Waals surface area (Å²) in [5.74, 6) is 0. The molecule has 0 aromatic heterocycles. The minimum absolute atomic E-state index is 0. The number of rotatable bonds is 2. The topological polar surface area (TPSA) is 0 Å². The minimum Gasteiger partial charge on any atom is -1.00 e. The molecule has 11 heavy (non-hydrogen) atoms. The largest absolute Gasteiger partial charge is 2.00 e. The van der Waals surface area contributed by atoms with Crippen molar-refractivity contribution in [2.45, 2.75) is 39.3 Å². The third kappa shape index (κ3) is 18.4. The molecule has 0 spiro atoms. The van der Waals surface area contributed by atoms with E-state index in [4.69, 9.17) is 0 Å². The summed E-state index contributed by atoms with van der Waals surface area (Å²) in [6.45, 7) is 14.4. The van der Waals surface area contributed by atoms with Gasteiger partial charge < -0.3 is 18.1 Å². The molecule has 0 bridgehead atoms. The van der Waals surface area contributed by atoms with Crippen molar-refractivity contribution in [3.8, 4) is 0 Å². The van der Waals surface area contributed by atoms with Gasteiger partial charge in [-0.15, -0.1) is 16.1 Å². The standard InChI is InChI=1S/C7H19Si2.ClH.Mg/c1-8(2,3)7-9(4,5)6;;/h7H,1-6H3;1H;/q-1;;+2/p-1. The molecule has 0 N–H and O–H groups in total. The zero-order valence-electron chi connectivity index (χ0n) is 8.66. The molecule has 0 radical (unpaired) electrons. The number of halogens is 1. The maximum Gasteiger partial charge on any atom is 2.00 e. The Hall–Kier alpha value is 1.49. The Labute approximate surface area is 96.1 Å². The van der Waals surface area contributed by atoms with Crippen molar-refractivity contribution in [3.05, 3.63) is 5.67 Å². The molecule has 0 heterocycles. The van der Waals surface area contributed by atoms with E-state index < -0.39 is 16.1 Å². The molecule has 0 rings (SSSR count). The number of hydrogen-bond donors (Lipinski definition) is 0. The fourth-order valence-corrected chi connectivity index (χ4v) is 11.7. The Kier molecular flexibility index (Phi) is 10.0. The van der Waals surface area contributed by atoms with E-state index in [2.05, 4.69) is 44.9 Å². The third-order valence-corrected chi connectivity index (χ3v) is 7.79. The molecule has 0 nitrogen and oxygen atoms in total. The average molecular weight is 219 g/mol. The fourth-order valence-electron chi connectivity index (χ4n) is 1.30. The van der Waals surface area contributed by atoms with Crippen LogP contribution in [0, 0.1) is 5.67 Å². The van der Waals surface area contributed by atoms with Crippen LogP contribution in [-0.2, 0) is 0 Å². The summed E-state index contributed by atoms with van der Waals surface area (Å²) in [5.41, 5.74) is 2.65. The van der Waals surface area contributed by atoms with E-state index in [1.165, 1.54) is 0 Å². The normalized spacial score (nSPS) is 11.5. The fraction of sp³-hybridized carbons (Fsp3) is 0.857. The molecular formula is C7H19ClMgSi2. The van der Waals surface area contributed by atoms with Crippen molar-refractivity contribution in [2.24, 2.45) is 0 Å². The number of hydrogen-bond acceptors (Lipinski definition) is 0. The second-order valence-corrected chi connectivity index (χ2v) is 15.5. The molecule has 0 aliphatic rings. The van der Waals surface area contributed by atoms with Gasteiger partial charge in [0, 0.05) is 0 Å². The average Bonchev–Trinajstić information content (AvgIpc) is 1.14. The van der Waals surface area contributed by atoms with Crippen molar-refractivity contribution in [1.29, 1.82) is 0 Å². The van der Waals surface area contributed by atoms with E-state index in [1.54, 1.807) is 0 Å². The van der Waals surface area contributed by atoms with E-state index in [0.29, 0.717) is 0 Å². The molecule has 0 aromatic carbocycles. The van der Waals surface area contributed by atoms with Crippen molar-refractivity contribution in [3.63, 3.8) is 0 Å². The van der Waals surface area contributed by atoms with Crippen LogP contribution in [0.5, 0.6) is 0 Å². The summed E-state index contributed by atoms with van der Waals surface area (Å²) in [6.07, 6.45) is 0. The van der Waals surface area contributed by atoms with E-state index in [-0.39, 0.29) is 35.5 Å². The van der Waals surface area contributed by atoms with Crippen LogP contribution >= 0.6 is 0 Å². The quantitative estimate of drug-likeness (QED) is 0.436. The van der Waals surface area contributed by atoms with Gasteiger partial charge in [0.15, 0.2) is 0 Å². The molecule has 0 saturated carbocycles. The molecule has 0 aliphatic heterocycles. The van der Waals surface area contributed by atoms with Crippen molar-refractivity contribution >= 4 is 39.2 Å². The van der Waals surface area contributed by atoms with Gasteiger partial charge in [-0.1, -0.05) is 39.3 Å². The third-order valence-electron chi connectivity index (χ3n) is 0.866. The monoisotopic (exact) mass is 218 g/mol. The summed E-state index contributed by atoms with van der Waals surface area (Å²) >= 11 is 0. The van der Waals surface area contributed by atoms with Gasteiger partial charge in [0.05, 0.1) is 0 Å². The van der Waals surface area contributed by atoms with Crippen LogP contribution in [-0.4, -0.2) is 39.2 Å². The van der Waals surface area contributed by atoms with Crippen LogP contribution in [0.2, 0.25) is 39.3 Å². The molecule has 64 valence electrons. The summed E-state index contributed by atoms with van der Waals surface area (Å²) in [4.78, 5) is 0. The molecule has 0 unspecified atom stereocenters. The van der Waals surface area contributed by atoms with Crippen LogP contribution < -0.4 is 12.4 Å². The van der Waals surface area contributed by atoms with Gasteiger partial charge in [0.1, 0.15) is 0 Å². The Morgan fingerprint density at radius 3 is 0.909 bits per heavy atom. The molecule has 0 saturated heterocycles. The first-order chi connectivity index (χ1) is 3.71. The zero-order valence-corrected chi connectivity index (χ0v) is 12.8. The molecule has 0 amide bonds. The Balaban J connectivity index is -0.000000320. The van der Waals surface area contributed by atoms with Crippen LogP contribution in [0.15, 0.2) is 0 Å². The Bertz CT molecular complexity index is 81.6. The van der Waals surface area contributed by atoms with Gasteiger partial charge in [0.25, 0.3) is 0 Å². The first kappa shape index (κ1) is 18.3. The summed E-state index contributed by atoms with van der Waals surface area (Å²) in [7, 11) is -1.71. The van der Waals surface area contributed by atoms with Crippen LogP contribution in [0.3, 0.4) is 0 Å². The van der Waals surface area contributed by atoms with E-state index >= 15 is 0 Å². The minimum atomic E-state index is -0.856. The first-order valence-electron chi connectivity index (χ1n) is 3.58. The van der Waals surface area contributed by atoms with Crippen molar-refractivity contribution in [2.75, 3.05) is 0 Å². The molecule has 0 aromatic rings. The van der Waals surface area contributed by atoms with Crippen molar-refractivity contribution in [1.82, 2.24) is 0 Å². The SMILES string of the molecule is C[Si](C)(C)[CH-][Si](C)(C)C.[Cl-].[Mg+2]. The van der Waals surface area contributed by atoms with Gasteiger partial charge in [-0.3, -0.25) is 0 Å².